The lowest BCUT2D eigenvalue weighted by molar-refractivity contribution is 0.961. The first-order valence-electron chi connectivity index (χ1n) is 33.4. The molecule has 0 radical (unpaired) electrons. The Morgan fingerprint density at radius 1 is 0.173 bits per heavy atom. The van der Waals surface area contributed by atoms with Crippen LogP contribution in [0, 0.1) is 0 Å². The molecule has 8 nitrogen and oxygen atoms in total. The predicted octanol–water partition coefficient (Wildman–Crippen LogP) is 22.9. The van der Waals surface area contributed by atoms with E-state index >= 15 is 0 Å². The molecule has 21 aromatic rings. The molecular formula is C90H54N8. The third kappa shape index (κ3) is 8.12. The summed E-state index contributed by atoms with van der Waals surface area (Å²) in [5.41, 5.74) is 14.8. The highest BCUT2D eigenvalue weighted by Gasteiger charge is 2.33. The lowest BCUT2D eigenvalue weighted by Gasteiger charge is -2.27. The van der Waals surface area contributed by atoms with Crippen molar-refractivity contribution in [3.05, 3.63) is 328 Å². The first kappa shape index (κ1) is 54.1. The molecule has 454 valence electrons. The Kier molecular flexibility index (Phi) is 11.7. The second-order valence-corrected chi connectivity index (χ2v) is 25.7. The van der Waals surface area contributed by atoms with Gasteiger partial charge in [0, 0.05) is 65.3 Å². The van der Waals surface area contributed by atoms with E-state index in [1.54, 1.807) is 0 Å². The van der Waals surface area contributed by atoms with Crippen LogP contribution in [0.5, 0.6) is 0 Å². The van der Waals surface area contributed by atoms with E-state index in [0.717, 1.165) is 160 Å². The van der Waals surface area contributed by atoms with Crippen LogP contribution in [-0.4, -0.2) is 38.2 Å². The number of para-hydroxylation sites is 4. The van der Waals surface area contributed by atoms with Crippen molar-refractivity contribution in [3.8, 4) is 68.3 Å². The van der Waals surface area contributed by atoms with Gasteiger partial charge in [0.05, 0.1) is 44.1 Å². The number of hydrogen-bond acceptors (Lipinski definition) is 4. The zero-order valence-electron chi connectivity index (χ0n) is 52.8. The summed E-state index contributed by atoms with van der Waals surface area (Å²) in [6.07, 6.45) is 0. The molecule has 6 heterocycles. The fourth-order valence-electron chi connectivity index (χ4n) is 15.8. The van der Waals surface area contributed by atoms with E-state index in [0.29, 0.717) is 17.5 Å². The fraction of sp³-hybridized carbons (Fsp3) is 0. The van der Waals surface area contributed by atoms with Crippen molar-refractivity contribution in [2.45, 2.75) is 0 Å². The van der Waals surface area contributed by atoms with Gasteiger partial charge in [-0.3, -0.25) is 9.13 Å². The summed E-state index contributed by atoms with van der Waals surface area (Å²) >= 11 is 0. The van der Waals surface area contributed by atoms with Crippen LogP contribution in [0.2, 0.25) is 0 Å². The molecule has 0 saturated heterocycles. The van der Waals surface area contributed by atoms with Gasteiger partial charge in [-0.1, -0.05) is 255 Å². The molecule has 0 aliphatic carbocycles. The molecule has 0 bridgehead atoms. The summed E-state index contributed by atoms with van der Waals surface area (Å²) in [7, 11) is 0. The number of hydrogen-bond donors (Lipinski definition) is 0. The third-order valence-corrected chi connectivity index (χ3v) is 20.3. The molecule has 0 unspecified atom stereocenters. The van der Waals surface area contributed by atoms with E-state index in [1.165, 1.54) is 21.5 Å². The topological polar surface area (TPSA) is 71.3 Å². The minimum absolute atomic E-state index is 0.569. The van der Waals surface area contributed by atoms with Gasteiger partial charge in [0.2, 0.25) is 0 Å². The van der Waals surface area contributed by atoms with Crippen LogP contribution in [0.1, 0.15) is 0 Å². The highest BCUT2D eigenvalue weighted by atomic mass is 15.2. The number of pyridine rings is 1. The Morgan fingerprint density at radius 2 is 0.418 bits per heavy atom. The molecule has 0 atom stereocenters. The minimum Gasteiger partial charge on any atom is -0.305 e. The SMILES string of the molecule is c1ccc(-c2nc(-c3ccccc3)nc(-c3ccc(-c4c(-n5c6ccccc6c6cc7ccccc7cc65)c(-n5c6ccccc6c6cc7ccccc7cc65)nc(-n5c6ccccc6c6cc7ccccc7cc65)c4-n4c5ccccc5c5cc6ccccc6cc54)cc3)n2)cc1. The number of benzene rings is 15. The monoisotopic (exact) mass is 1250 g/mol. The zero-order valence-corrected chi connectivity index (χ0v) is 52.8. The lowest BCUT2D eigenvalue weighted by Crippen LogP contribution is -2.16. The molecule has 0 saturated carbocycles. The van der Waals surface area contributed by atoms with Gasteiger partial charge in [-0.05, 0) is 121 Å². The first-order valence-corrected chi connectivity index (χ1v) is 33.4. The Bertz CT molecular complexity index is 6530. The van der Waals surface area contributed by atoms with Crippen molar-refractivity contribution in [1.29, 1.82) is 0 Å². The number of nitrogens with zero attached hydrogens (tertiary/aromatic N) is 8. The molecule has 8 heteroatoms. The average molecular weight is 1250 g/mol. The van der Waals surface area contributed by atoms with Crippen LogP contribution in [-0.2, 0) is 0 Å². The quantitative estimate of drug-likeness (QED) is 0.152. The summed E-state index contributed by atoms with van der Waals surface area (Å²) in [6.45, 7) is 0. The van der Waals surface area contributed by atoms with Crippen molar-refractivity contribution >= 4 is 130 Å². The highest BCUT2D eigenvalue weighted by molar-refractivity contribution is 6.20. The number of fused-ring (bicyclic) bond motifs is 16. The summed E-state index contributed by atoms with van der Waals surface area (Å²) in [5, 5.41) is 18.3. The molecule has 15 aromatic carbocycles. The maximum Gasteiger partial charge on any atom is 0.165 e. The second kappa shape index (κ2) is 21.1. The molecule has 21 rings (SSSR count). The zero-order chi connectivity index (χ0) is 64.1. The fourth-order valence-corrected chi connectivity index (χ4v) is 15.8. The van der Waals surface area contributed by atoms with Gasteiger partial charge in [-0.15, -0.1) is 0 Å². The first-order chi connectivity index (χ1) is 48.6. The van der Waals surface area contributed by atoms with Crippen LogP contribution in [0.4, 0.5) is 0 Å². The molecular weight excluding hydrogens is 1190 g/mol. The van der Waals surface area contributed by atoms with Gasteiger partial charge in [0.15, 0.2) is 29.1 Å². The van der Waals surface area contributed by atoms with Gasteiger partial charge in [0.25, 0.3) is 0 Å². The van der Waals surface area contributed by atoms with Crippen LogP contribution in [0.15, 0.2) is 328 Å². The Balaban J connectivity index is 1.01. The van der Waals surface area contributed by atoms with Crippen LogP contribution < -0.4 is 0 Å². The molecule has 0 aliphatic rings. The Morgan fingerprint density at radius 3 is 0.745 bits per heavy atom. The summed E-state index contributed by atoms with van der Waals surface area (Å²) in [4.78, 5) is 22.4. The van der Waals surface area contributed by atoms with Gasteiger partial charge in [-0.2, -0.15) is 0 Å². The molecule has 0 N–H and O–H groups in total. The van der Waals surface area contributed by atoms with E-state index in [4.69, 9.17) is 19.9 Å². The van der Waals surface area contributed by atoms with Crippen molar-refractivity contribution in [2.24, 2.45) is 0 Å². The van der Waals surface area contributed by atoms with Crippen LogP contribution >= 0.6 is 0 Å². The van der Waals surface area contributed by atoms with Crippen molar-refractivity contribution in [3.63, 3.8) is 0 Å². The molecule has 98 heavy (non-hydrogen) atoms. The molecule has 0 fully saturated rings. The summed E-state index contributed by atoms with van der Waals surface area (Å²) < 4.78 is 10.0. The number of rotatable bonds is 8. The number of aromatic nitrogens is 8. The van der Waals surface area contributed by atoms with Crippen molar-refractivity contribution in [2.75, 3.05) is 0 Å². The van der Waals surface area contributed by atoms with E-state index in [2.05, 4.69) is 309 Å². The minimum atomic E-state index is 0.569. The molecule has 0 spiro atoms. The summed E-state index contributed by atoms with van der Waals surface area (Å²) in [5.74, 6) is 3.29. The van der Waals surface area contributed by atoms with E-state index in [9.17, 15) is 0 Å². The van der Waals surface area contributed by atoms with E-state index < -0.39 is 0 Å². The Hall–Kier alpha value is -13.3. The van der Waals surface area contributed by atoms with Gasteiger partial charge in [0.1, 0.15) is 11.4 Å². The second-order valence-electron chi connectivity index (χ2n) is 25.7. The third-order valence-electron chi connectivity index (χ3n) is 20.3. The van der Waals surface area contributed by atoms with Gasteiger partial charge in [-0.25, -0.2) is 19.9 Å². The van der Waals surface area contributed by atoms with E-state index in [1.807, 2.05) is 36.4 Å². The largest absolute Gasteiger partial charge is 0.305 e. The molecule has 0 amide bonds. The highest BCUT2D eigenvalue weighted by Crippen LogP contribution is 2.50. The lowest BCUT2D eigenvalue weighted by atomic mass is 9.98. The maximum atomic E-state index is 6.67. The Labute approximate surface area is 561 Å². The smallest absolute Gasteiger partial charge is 0.165 e. The molecule has 6 aromatic heterocycles. The van der Waals surface area contributed by atoms with Crippen LogP contribution in [0.25, 0.3) is 199 Å². The normalized spacial score (nSPS) is 12.1. The van der Waals surface area contributed by atoms with Gasteiger partial charge < -0.3 is 9.13 Å². The van der Waals surface area contributed by atoms with Crippen molar-refractivity contribution in [1.82, 2.24) is 38.2 Å². The average Bonchev–Trinajstić information content (AvgIpc) is 1.49. The standard InChI is InChI=1S/C90H54N8/c1-3-23-56(24-4-1)86-91-87(57-25-5-2-6-26-57)93-88(92-86)58-45-43-55(44-46-58)83-84(95-75-39-19-15-35-67(75)71-47-59-27-7-11-31-63(59)51-79(71)95)89(97-77-41-21-17-37-69(77)73-49-61-29-9-13-33-65(61)53-81(73)97)94-90(98-78-42-22-18-38-70(78)74-50-62-30-10-14-34-66(62)54-82(74)98)85(83)96-76-40-20-16-36-68(76)72-48-60-28-8-12-32-64(60)52-80(72)96/h1-54H. The molecule has 0 aliphatic heterocycles. The van der Waals surface area contributed by atoms with Crippen molar-refractivity contribution < 1.29 is 0 Å². The summed E-state index contributed by atoms with van der Waals surface area (Å²) in [6, 6.07) is 119. The van der Waals surface area contributed by atoms with Crippen LogP contribution in [0.3, 0.4) is 0 Å². The van der Waals surface area contributed by atoms with Gasteiger partial charge >= 0.3 is 0 Å². The maximum absolute atomic E-state index is 6.67. The van der Waals surface area contributed by atoms with E-state index in [-0.39, 0.29) is 0 Å². The predicted molar refractivity (Wildman–Crippen MR) is 407 cm³/mol.